The van der Waals surface area contributed by atoms with Crippen molar-refractivity contribution in [3.05, 3.63) is 59.2 Å². The summed E-state index contributed by atoms with van der Waals surface area (Å²) in [5.74, 6) is -2.69. The van der Waals surface area contributed by atoms with E-state index >= 15 is 0 Å². The molecule has 6 heteroatoms. The fraction of sp³-hybridized carbons (Fsp3) is 0.417. The predicted octanol–water partition coefficient (Wildman–Crippen LogP) is 4.30. The number of rotatable bonds is 4. The van der Waals surface area contributed by atoms with Crippen molar-refractivity contribution in [2.45, 2.75) is 44.1 Å². The van der Waals surface area contributed by atoms with E-state index in [0.717, 1.165) is 30.5 Å². The Hall–Kier alpha value is -2.60. The van der Waals surface area contributed by atoms with Gasteiger partial charge in [0.25, 0.3) is 0 Å². The summed E-state index contributed by atoms with van der Waals surface area (Å²) < 4.78 is 32.2. The molecule has 1 aliphatic carbocycles. The summed E-state index contributed by atoms with van der Waals surface area (Å²) in [6.07, 6.45) is 2.90. The Balaban J connectivity index is 1.64. The van der Waals surface area contributed by atoms with Crippen LogP contribution >= 0.6 is 0 Å². The highest BCUT2D eigenvalue weighted by atomic mass is 19.2. The molecule has 0 aromatic heterocycles. The largest absolute Gasteiger partial charge is 0.384 e. The molecule has 1 heterocycles. The molecule has 158 valence electrons. The van der Waals surface area contributed by atoms with Gasteiger partial charge >= 0.3 is 0 Å². The monoisotopic (exact) mass is 413 g/mol. The quantitative estimate of drug-likeness (QED) is 0.761. The number of methoxy groups -OCH3 is 1. The zero-order chi connectivity index (χ0) is 21.5. The normalized spacial score (nSPS) is 26.3. The number of Topliss-reactive ketones (excluding diaryl/α,β-unsaturated/α-hetero) is 1. The first-order valence-corrected chi connectivity index (χ1v) is 10.3. The molecule has 1 saturated heterocycles. The number of carbonyl (C=O) groups is 2. The van der Waals surface area contributed by atoms with Crippen LogP contribution in [0, 0.1) is 24.5 Å². The number of ketones is 1. The van der Waals surface area contributed by atoms with Crippen LogP contribution in [0.15, 0.2) is 36.4 Å². The third-order valence-corrected chi connectivity index (χ3v) is 6.56. The number of amides is 1. The number of ether oxygens (including phenoxy) is 1. The highest BCUT2D eigenvalue weighted by Crippen LogP contribution is 2.42. The minimum atomic E-state index is -0.934. The number of nitrogens with one attached hydrogen (secondary N) is 1. The van der Waals surface area contributed by atoms with Crippen molar-refractivity contribution >= 4 is 11.7 Å². The zero-order valence-electron chi connectivity index (χ0n) is 17.1. The van der Waals surface area contributed by atoms with Crippen molar-refractivity contribution in [3.63, 3.8) is 0 Å². The lowest BCUT2D eigenvalue weighted by Crippen LogP contribution is -2.49. The summed E-state index contributed by atoms with van der Waals surface area (Å²) in [4.78, 5) is 26.3. The van der Waals surface area contributed by atoms with Crippen LogP contribution in [0.1, 0.15) is 42.7 Å². The molecule has 2 aliphatic rings. The van der Waals surface area contributed by atoms with Crippen LogP contribution < -0.4 is 5.32 Å². The van der Waals surface area contributed by atoms with Crippen LogP contribution in [0.5, 0.6) is 0 Å². The SMILES string of the molecule is COCC1CCC2(CC1)NC(=O)C(c1cc(-c3ccc(F)c(F)c3)ccc1C)C2=O. The van der Waals surface area contributed by atoms with Gasteiger partial charge in [-0.15, -0.1) is 0 Å². The van der Waals surface area contributed by atoms with Crippen LogP contribution in [0.25, 0.3) is 11.1 Å². The lowest BCUT2D eigenvalue weighted by Gasteiger charge is -2.35. The summed E-state index contributed by atoms with van der Waals surface area (Å²) in [6, 6.07) is 9.03. The fourth-order valence-electron chi connectivity index (χ4n) is 4.80. The predicted molar refractivity (Wildman–Crippen MR) is 109 cm³/mol. The fourth-order valence-corrected chi connectivity index (χ4v) is 4.80. The van der Waals surface area contributed by atoms with E-state index in [0.29, 0.717) is 42.1 Å². The maximum atomic E-state index is 13.7. The Bertz CT molecular complexity index is 996. The average molecular weight is 413 g/mol. The maximum absolute atomic E-state index is 13.7. The molecule has 1 amide bonds. The summed E-state index contributed by atoms with van der Waals surface area (Å²) >= 11 is 0. The Labute approximate surface area is 174 Å². The van der Waals surface area contributed by atoms with Gasteiger partial charge in [-0.1, -0.05) is 18.2 Å². The van der Waals surface area contributed by atoms with Gasteiger partial charge in [-0.25, -0.2) is 8.78 Å². The van der Waals surface area contributed by atoms with Gasteiger partial charge in [-0.2, -0.15) is 0 Å². The van der Waals surface area contributed by atoms with Gasteiger partial charge in [0, 0.05) is 13.7 Å². The molecule has 1 unspecified atom stereocenters. The van der Waals surface area contributed by atoms with Crippen molar-refractivity contribution in [1.29, 1.82) is 0 Å². The molecule has 1 N–H and O–H groups in total. The van der Waals surface area contributed by atoms with E-state index in [1.807, 2.05) is 13.0 Å². The van der Waals surface area contributed by atoms with E-state index in [9.17, 15) is 18.4 Å². The first-order chi connectivity index (χ1) is 14.3. The number of aryl methyl sites for hydroxylation is 1. The molecule has 0 bridgehead atoms. The molecule has 4 rings (SSSR count). The summed E-state index contributed by atoms with van der Waals surface area (Å²) in [5, 5.41) is 2.99. The number of carbonyl (C=O) groups excluding carboxylic acids is 2. The molecule has 2 fully saturated rings. The van der Waals surface area contributed by atoms with E-state index in [1.165, 1.54) is 6.07 Å². The van der Waals surface area contributed by atoms with Crippen LogP contribution in [0.3, 0.4) is 0 Å². The second-order valence-corrected chi connectivity index (χ2v) is 8.47. The van der Waals surface area contributed by atoms with Crippen LogP contribution in [-0.2, 0) is 14.3 Å². The topological polar surface area (TPSA) is 55.4 Å². The minimum absolute atomic E-state index is 0.0890. The van der Waals surface area contributed by atoms with Crippen molar-refractivity contribution in [3.8, 4) is 11.1 Å². The number of hydrogen-bond acceptors (Lipinski definition) is 3. The molecular weight excluding hydrogens is 388 g/mol. The molecule has 1 spiro atoms. The second kappa shape index (κ2) is 7.91. The lowest BCUT2D eigenvalue weighted by atomic mass is 9.73. The Morgan fingerprint density at radius 1 is 1.03 bits per heavy atom. The number of halogens is 2. The molecule has 1 saturated carbocycles. The van der Waals surface area contributed by atoms with E-state index in [2.05, 4.69) is 5.32 Å². The van der Waals surface area contributed by atoms with Crippen LogP contribution in [0.4, 0.5) is 8.78 Å². The highest BCUT2D eigenvalue weighted by molar-refractivity contribution is 6.17. The minimum Gasteiger partial charge on any atom is -0.384 e. The molecule has 4 nitrogen and oxygen atoms in total. The smallest absolute Gasteiger partial charge is 0.235 e. The van der Waals surface area contributed by atoms with Gasteiger partial charge < -0.3 is 10.1 Å². The zero-order valence-corrected chi connectivity index (χ0v) is 17.1. The van der Waals surface area contributed by atoms with Gasteiger partial charge in [0.2, 0.25) is 5.91 Å². The Morgan fingerprint density at radius 3 is 2.37 bits per heavy atom. The van der Waals surface area contributed by atoms with E-state index < -0.39 is 23.1 Å². The van der Waals surface area contributed by atoms with Gasteiger partial charge in [-0.3, -0.25) is 9.59 Å². The van der Waals surface area contributed by atoms with Crippen LogP contribution in [-0.4, -0.2) is 30.9 Å². The van der Waals surface area contributed by atoms with Crippen molar-refractivity contribution in [2.24, 2.45) is 5.92 Å². The van der Waals surface area contributed by atoms with Crippen LogP contribution in [0.2, 0.25) is 0 Å². The number of hydrogen-bond donors (Lipinski definition) is 1. The molecule has 2 aromatic rings. The van der Waals surface area contributed by atoms with Gasteiger partial charge in [-0.05, 0) is 79.0 Å². The van der Waals surface area contributed by atoms with Crippen molar-refractivity contribution < 1.29 is 23.1 Å². The van der Waals surface area contributed by atoms with E-state index in [4.69, 9.17) is 4.74 Å². The molecule has 0 radical (unpaired) electrons. The summed E-state index contributed by atoms with van der Waals surface area (Å²) in [7, 11) is 1.67. The Kier molecular flexibility index (Phi) is 5.45. The molecule has 1 aliphatic heterocycles. The first kappa shape index (κ1) is 20.7. The number of benzene rings is 2. The molecule has 1 atom stereocenters. The summed E-state index contributed by atoms with van der Waals surface area (Å²) in [6.45, 7) is 2.52. The maximum Gasteiger partial charge on any atom is 0.235 e. The van der Waals surface area contributed by atoms with Crippen molar-refractivity contribution in [1.82, 2.24) is 5.32 Å². The first-order valence-electron chi connectivity index (χ1n) is 10.3. The summed E-state index contributed by atoms with van der Waals surface area (Å²) in [5.41, 5.74) is 1.77. The lowest BCUT2D eigenvalue weighted by molar-refractivity contribution is -0.126. The molecular formula is C24H25F2NO3. The highest BCUT2D eigenvalue weighted by Gasteiger charge is 2.54. The van der Waals surface area contributed by atoms with Gasteiger partial charge in [0.15, 0.2) is 17.4 Å². The van der Waals surface area contributed by atoms with Gasteiger partial charge in [0.05, 0.1) is 5.54 Å². The van der Waals surface area contributed by atoms with Gasteiger partial charge in [0.1, 0.15) is 5.92 Å². The standard InChI is InChI=1S/C24H25F2NO3/c1-14-3-4-16(17-5-6-19(25)20(26)12-17)11-18(14)21-22(28)24(27-23(21)29)9-7-15(8-10-24)13-30-2/h3-6,11-12,15,21H,7-10,13H2,1-2H3,(H,27,29). The second-order valence-electron chi connectivity index (χ2n) is 8.47. The third kappa shape index (κ3) is 3.54. The van der Waals surface area contributed by atoms with Crippen molar-refractivity contribution in [2.75, 3.05) is 13.7 Å². The van der Waals surface area contributed by atoms with E-state index in [-0.39, 0.29) is 11.7 Å². The molecule has 30 heavy (non-hydrogen) atoms. The molecule has 2 aromatic carbocycles. The third-order valence-electron chi connectivity index (χ3n) is 6.56. The average Bonchev–Trinajstić information content (AvgIpc) is 2.96. The Morgan fingerprint density at radius 2 is 1.70 bits per heavy atom. The van der Waals surface area contributed by atoms with E-state index in [1.54, 1.807) is 19.2 Å².